The number of hydrogen-bond acceptors (Lipinski definition) is 6. The Hall–Kier alpha value is -2.58. The molecule has 0 aliphatic rings. The molecule has 0 amide bonds. The van der Waals surface area contributed by atoms with E-state index in [1.165, 1.54) is 11.3 Å². The summed E-state index contributed by atoms with van der Waals surface area (Å²) in [5, 5.41) is 10.6. The summed E-state index contributed by atoms with van der Waals surface area (Å²) in [6.07, 6.45) is 2.52. The molecule has 0 spiro atoms. The first kappa shape index (κ1) is 16.9. The Morgan fingerprint density at radius 1 is 1.27 bits per heavy atom. The number of carbonyl (C=O) groups excluding carboxylic acids is 1. The van der Waals surface area contributed by atoms with Crippen molar-refractivity contribution < 1.29 is 4.79 Å². The summed E-state index contributed by atoms with van der Waals surface area (Å²) >= 11 is 7.52. The Labute approximate surface area is 158 Å². The van der Waals surface area contributed by atoms with Crippen LogP contribution in [0.25, 0.3) is 33.0 Å². The van der Waals surface area contributed by atoms with Crippen LogP contribution in [0.5, 0.6) is 0 Å². The molecule has 0 aliphatic carbocycles. The molecule has 0 bridgehead atoms. The maximum Gasteiger partial charge on any atom is 0.162 e. The van der Waals surface area contributed by atoms with Crippen LogP contribution in [0.15, 0.2) is 18.3 Å². The molecule has 0 aliphatic heterocycles. The number of pyridine rings is 1. The van der Waals surface area contributed by atoms with Gasteiger partial charge in [0, 0.05) is 25.0 Å². The van der Waals surface area contributed by atoms with Crippen molar-refractivity contribution in [3.8, 4) is 22.1 Å². The Morgan fingerprint density at radius 2 is 2.08 bits per heavy atom. The molecule has 0 N–H and O–H groups in total. The molecule has 9 heteroatoms. The van der Waals surface area contributed by atoms with Gasteiger partial charge in [0.2, 0.25) is 0 Å². The third-order valence-corrected chi connectivity index (χ3v) is 5.32. The van der Waals surface area contributed by atoms with Crippen LogP contribution in [-0.2, 0) is 13.6 Å². The van der Waals surface area contributed by atoms with Crippen LogP contribution in [0, 0.1) is 6.92 Å². The van der Waals surface area contributed by atoms with Gasteiger partial charge >= 0.3 is 0 Å². The van der Waals surface area contributed by atoms with Crippen LogP contribution in [-0.4, -0.2) is 35.8 Å². The highest BCUT2D eigenvalue weighted by Crippen LogP contribution is 2.36. The van der Waals surface area contributed by atoms with E-state index in [1.54, 1.807) is 16.9 Å². The van der Waals surface area contributed by atoms with Crippen LogP contribution < -0.4 is 0 Å². The van der Waals surface area contributed by atoms with E-state index in [0.717, 1.165) is 40.1 Å². The number of aromatic nitrogens is 6. The molecule has 0 radical (unpaired) electrons. The predicted molar refractivity (Wildman–Crippen MR) is 102 cm³/mol. The molecule has 0 aromatic carbocycles. The summed E-state index contributed by atoms with van der Waals surface area (Å²) < 4.78 is 3.59. The van der Waals surface area contributed by atoms with Crippen molar-refractivity contribution in [3.63, 3.8) is 0 Å². The first-order chi connectivity index (χ1) is 12.5. The van der Waals surface area contributed by atoms with E-state index in [-0.39, 0.29) is 0 Å². The van der Waals surface area contributed by atoms with Crippen molar-refractivity contribution in [2.24, 2.45) is 7.05 Å². The lowest BCUT2D eigenvalue weighted by atomic mass is 10.2. The molecule has 132 valence electrons. The minimum absolute atomic E-state index is 0.331. The SMILES string of the molecule is CCn1nc(C)cc1-c1nc(-c2nc(Cl)cc3c2cnn3C)c(C=O)s1. The second kappa shape index (κ2) is 6.30. The number of thiazole rings is 1. The van der Waals surface area contributed by atoms with Crippen molar-refractivity contribution in [2.45, 2.75) is 20.4 Å². The van der Waals surface area contributed by atoms with E-state index in [2.05, 4.69) is 15.2 Å². The van der Waals surface area contributed by atoms with Gasteiger partial charge < -0.3 is 0 Å². The lowest BCUT2D eigenvalue weighted by Gasteiger charge is -2.02. The van der Waals surface area contributed by atoms with Crippen molar-refractivity contribution in [1.29, 1.82) is 0 Å². The van der Waals surface area contributed by atoms with E-state index in [9.17, 15) is 4.79 Å². The number of carbonyl (C=O) groups is 1. The average Bonchev–Trinajstić information content (AvgIpc) is 3.31. The number of aryl methyl sites for hydroxylation is 3. The lowest BCUT2D eigenvalue weighted by Crippen LogP contribution is -1.99. The van der Waals surface area contributed by atoms with Crippen LogP contribution >= 0.6 is 22.9 Å². The third kappa shape index (κ3) is 2.62. The van der Waals surface area contributed by atoms with Crippen molar-refractivity contribution >= 4 is 40.1 Å². The minimum atomic E-state index is 0.331. The van der Waals surface area contributed by atoms with Crippen LogP contribution in [0.1, 0.15) is 22.3 Å². The van der Waals surface area contributed by atoms with Gasteiger partial charge in [-0.2, -0.15) is 10.2 Å². The summed E-state index contributed by atoms with van der Waals surface area (Å²) in [4.78, 5) is 21.3. The fourth-order valence-electron chi connectivity index (χ4n) is 2.94. The van der Waals surface area contributed by atoms with Gasteiger partial charge in [-0.1, -0.05) is 11.6 Å². The van der Waals surface area contributed by atoms with Gasteiger partial charge in [-0.25, -0.2) is 9.97 Å². The Balaban J connectivity index is 1.96. The van der Waals surface area contributed by atoms with Gasteiger partial charge in [0.1, 0.15) is 21.5 Å². The molecular formula is C17H15ClN6OS. The van der Waals surface area contributed by atoms with Crippen LogP contribution in [0.2, 0.25) is 5.15 Å². The zero-order valence-electron chi connectivity index (χ0n) is 14.4. The number of hydrogen-bond donors (Lipinski definition) is 0. The minimum Gasteiger partial charge on any atom is -0.297 e. The van der Waals surface area contributed by atoms with Gasteiger partial charge in [0.05, 0.1) is 28.0 Å². The van der Waals surface area contributed by atoms with Crippen LogP contribution in [0.3, 0.4) is 0 Å². The van der Waals surface area contributed by atoms with E-state index in [4.69, 9.17) is 16.6 Å². The normalized spacial score (nSPS) is 11.4. The zero-order valence-corrected chi connectivity index (χ0v) is 16.0. The van der Waals surface area contributed by atoms with E-state index in [1.807, 2.05) is 31.6 Å². The zero-order chi connectivity index (χ0) is 18.4. The Bertz CT molecular complexity index is 1140. The topological polar surface area (TPSA) is 78.5 Å². The summed E-state index contributed by atoms with van der Waals surface area (Å²) in [5.41, 5.74) is 3.70. The van der Waals surface area contributed by atoms with E-state index < -0.39 is 0 Å². The highest BCUT2D eigenvalue weighted by atomic mass is 35.5. The molecule has 0 saturated heterocycles. The standard InChI is InChI=1S/C17H15ClN6OS/c1-4-24-12(5-9(2)22-24)17-21-16(13(8-25)26-17)15-10-7-19-23(3)11(10)6-14(18)20-15/h5-8H,4H2,1-3H3. The number of nitrogens with zero attached hydrogens (tertiary/aromatic N) is 6. The molecule has 4 rings (SSSR count). The third-order valence-electron chi connectivity index (χ3n) is 4.12. The first-order valence-corrected chi connectivity index (χ1v) is 9.20. The molecule has 7 nitrogen and oxygen atoms in total. The van der Waals surface area contributed by atoms with Gasteiger partial charge in [-0.05, 0) is 19.9 Å². The molecule has 0 atom stereocenters. The Kier molecular flexibility index (Phi) is 4.08. The fourth-order valence-corrected chi connectivity index (χ4v) is 4.03. The maximum atomic E-state index is 11.7. The monoisotopic (exact) mass is 386 g/mol. The number of aldehydes is 1. The fraction of sp³-hybridized carbons (Fsp3) is 0.235. The summed E-state index contributed by atoms with van der Waals surface area (Å²) in [5.74, 6) is 0. The van der Waals surface area contributed by atoms with Crippen molar-refractivity contribution in [1.82, 2.24) is 29.5 Å². The van der Waals surface area contributed by atoms with Gasteiger partial charge in [0.15, 0.2) is 6.29 Å². The average molecular weight is 387 g/mol. The van der Waals surface area contributed by atoms with E-state index in [0.29, 0.717) is 21.4 Å². The second-order valence-electron chi connectivity index (χ2n) is 5.83. The number of rotatable bonds is 4. The van der Waals surface area contributed by atoms with Gasteiger partial charge in [0.25, 0.3) is 0 Å². The number of fused-ring (bicyclic) bond motifs is 1. The molecule has 0 unspecified atom stereocenters. The molecule has 4 aromatic rings. The molecule has 26 heavy (non-hydrogen) atoms. The molecule has 0 fully saturated rings. The van der Waals surface area contributed by atoms with Gasteiger partial charge in [-0.15, -0.1) is 11.3 Å². The number of halogens is 1. The van der Waals surface area contributed by atoms with Crippen molar-refractivity contribution in [3.05, 3.63) is 34.1 Å². The van der Waals surface area contributed by atoms with Gasteiger partial charge in [-0.3, -0.25) is 14.2 Å². The summed E-state index contributed by atoms with van der Waals surface area (Å²) in [7, 11) is 1.83. The first-order valence-electron chi connectivity index (χ1n) is 8.01. The second-order valence-corrected chi connectivity index (χ2v) is 7.25. The largest absolute Gasteiger partial charge is 0.297 e. The molecule has 4 heterocycles. The molecule has 4 aromatic heterocycles. The summed E-state index contributed by atoms with van der Waals surface area (Å²) in [6, 6.07) is 3.71. The quantitative estimate of drug-likeness (QED) is 0.394. The van der Waals surface area contributed by atoms with Crippen LogP contribution in [0.4, 0.5) is 0 Å². The van der Waals surface area contributed by atoms with E-state index >= 15 is 0 Å². The molecule has 0 saturated carbocycles. The highest BCUT2D eigenvalue weighted by Gasteiger charge is 2.21. The van der Waals surface area contributed by atoms with Crippen molar-refractivity contribution in [2.75, 3.05) is 0 Å². The Morgan fingerprint density at radius 3 is 2.81 bits per heavy atom. The highest BCUT2D eigenvalue weighted by molar-refractivity contribution is 7.17. The maximum absolute atomic E-state index is 11.7. The smallest absolute Gasteiger partial charge is 0.162 e. The molecular weight excluding hydrogens is 372 g/mol. The lowest BCUT2D eigenvalue weighted by molar-refractivity contribution is 0.112. The summed E-state index contributed by atoms with van der Waals surface area (Å²) in [6.45, 7) is 4.67. The predicted octanol–water partition coefficient (Wildman–Crippen LogP) is 3.75.